The molecule has 3 rings (SSSR count). The summed E-state index contributed by atoms with van der Waals surface area (Å²) in [6.45, 7) is 3.88. The van der Waals surface area contributed by atoms with Crippen LogP contribution >= 0.6 is 0 Å². The number of carbonyl (C=O) groups excluding carboxylic acids is 2. The number of amides is 2. The van der Waals surface area contributed by atoms with Crippen LogP contribution in [0.2, 0.25) is 0 Å². The lowest BCUT2D eigenvalue weighted by atomic mass is 9.98. The van der Waals surface area contributed by atoms with Crippen LogP contribution in [0.15, 0.2) is 48.5 Å². The number of rotatable bonds is 10. The lowest BCUT2D eigenvalue weighted by Crippen LogP contribution is -2.44. The molecule has 8 heteroatoms. The zero-order valence-electron chi connectivity index (χ0n) is 18.8. The summed E-state index contributed by atoms with van der Waals surface area (Å²) in [6.07, 6.45) is -1.61. The van der Waals surface area contributed by atoms with Crippen molar-refractivity contribution in [3.63, 3.8) is 0 Å². The minimum atomic E-state index is -1.50. The maximum Gasteiger partial charge on any atom is 0.407 e. The summed E-state index contributed by atoms with van der Waals surface area (Å²) in [4.78, 5) is 35.0. The van der Waals surface area contributed by atoms with Crippen molar-refractivity contribution < 1.29 is 29.3 Å². The third kappa shape index (κ3) is 6.32. The molecule has 2 aromatic rings. The number of carbonyl (C=O) groups is 3. The molecule has 4 N–H and O–H groups in total. The molecule has 0 radical (unpaired) electrons. The molecule has 0 heterocycles. The second-order valence-corrected chi connectivity index (χ2v) is 8.83. The van der Waals surface area contributed by atoms with Gasteiger partial charge in [-0.15, -0.1) is 0 Å². The SMILES string of the molecule is CC(C)(CCC(=O)NCC[C@H](O)C(=O)O)NC(=O)OCC1c2ccccc2-c2ccccc21. The van der Waals surface area contributed by atoms with E-state index in [1.807, 2.05) is 24.3 Å². The molecule has 0 fully saturated rings. The summed E-state index contributed by atoms with van der Waals surface area (Å²) >= 11 is 0. The van der Waals surface area contributed by atoms with Gasteiger partial charge in [-0.05, 0) is 42.5 Å². The molecule has 1 aliphatic carbocycles. The van der Waals surface area contributed by atoms with Gasteiger partial charge in [-0.3, -0.25) is 4.79 Å². The fraction of sp³-hybridized carbons (Fsp3) is 0.400. The highest BCUT2D eigenvalue weighted by Crippen LogP contribution is 2.44. The van der Waals surface area contributed by atoms with Crippen LogP contribution in [0.3, 0.4) is 0 Å². The molecule has 33 heavy (non-hydrogen) atoms. The third-order valence-electron chi connectivity index (χ3n) is 5.79. The Morgan fingerprint density at radius 2 is 1.61 bits per heavy atom. The normalized spacial score (nSPS) is 13.5. The van der Waals surface area contributed by atoms with Crippen LogP contribution in [0.5, 0.6) is 0 Å². The van der Waals surface area contributed by atoms with Crippen LogP contribution in [0.1, 0.15) is 50.2 Å². The van der Waals surface area contributed by atoms with E-state index in [1.54, 1.807) is 13.8 Å². The summed E-state index contributed by atoms with van der Waals surface area (Å²) in [6, 6.07) is 16.2. The van der Waals surface area contributed by atoms with E-state index in [-0.39, 0.29) is 37.8 Å². The predicted octanol–water partition coefficient (Wildman–Crippen LogP) is 3.04. The lowest BCUT2D eigenvalue weighted by molar-refractivity contribution is -0.147. The van der Waals surface area contributed by atoms with Crippen molar-refractivity contribution >= 4 is 18.0 Å². The molecule has 0 saturated carbocycles. The van der Waals surface area contributed by atoms with E-state index in [0.717, 1.165) is 22.3 Å². The summed E-state index contributed by atoms with van der Waals surface area (Å²) in [5.41, 5.74) is 3.90. The zero-order chi connectivity index (χ0) is 24.0. The first-order chi connectivity index (χ1) is 15.7. The van der Waals surface area contributed by atoms with Gasteiger partial charge in [0, 0.05) is 30.8 Å². The van der Waals surface area contributed by atoms with Crippen LogP contribution < -0.4 is 10.6 Å². The average Bonchev–Trinajstić information content (AvgIpc) is 3.10. The molecule has 0 aliphatic heterocycles. The first kappa shape index (κ1) is 24.3. The van der Waals surface area contributed by atoms with E-state index in [2.05, 4.69) is 34.9 Å². The molecule has 8 nitrogen and oxygen atoms in total. The monoisotopic (exact) mass is 454 g/mol. The van der Waals surface area contributed by atoms with E-state index in [9.17, 15) is 19.5 Å². The van der Waals surface area contributed by atoms with Crippen LogP contribution in [0.4, 0.5) is 4.79 Å². The fourth-order valence-electron chi connectivity index (χ4n) is 3.96. The molecule has 1 atom stereocenters. The van der Waals surface area contributed by atoms with Crippen LogP contribution in [0.25, 0.3) is 11.1 Å². The number of carboxylic acid groups (broad SMARTS) is 1. The smallest absolute Gasteiger partial charge is 0.407 e. The molecule has 0 spiro atoms. The van der Waals surface area contributed by atoms with Gasteiger partial charge < -0.3 is 25.6 Å². The number of aliphatic hydroxyl groups is 1. The average molecular weight is 455 g/mol. The van der Waals surface area contributed by atoms with Crippen molar-refractivity contribution in [2.75, 3.05) is 13.2 Å². The molecule has 176 valence electrons. The Balaban J connectivity index is 1.46. The molecular weight excluding hydrogens is 424 g/mol. The zero-order valence-corrected chi connectivity index (χ0v) is 18.8. The second-order valence-electron chi connectivity index (χ2n) is 8.83. The van der Waals surface area contributed by atoms with Crippen molar-refractivity contribution in [1.29, 1.82) is 0 Å². The first-order valence-corrected chi connectivity index (χ1v) is 11.0. The van der Waals surface area contributed by atoms with Gasteiger partial charge in [0.05, 0.1) is 0 Å². The van der Waals surface area contributed by atoms with Crippen LogP contribution in [0, 0.1) is 0 Å². The molecule has 2 aromatic carbocycles. The van der Waals surface area contributed by atoms with E-state index in [0.29, 0.717) is 6.42 Å². The minimum Gasteiger partial charge on any atom is -0.479 e. The standard InChI is InChI=1S/C25H30N2O6/c1-25(2,13-11-22(29)26-14-12-21(28)23(30)31)27-24(32)33-15-20-18-9-5-3-7-16(18)17-8-4-6-10-19(17)20/h3-10,20-21,28H,11-15H2,1-2H3,(H,26,29)(H,27,32)(H,30,31)/t21-/m0/s1. The maximum atomic E-state index is 12.5. The third-order valence-corrected chi connectivity index (χ3v) is 5.79. The van der Waals surface area contributed by atoms with Gasteiger partial charge in [0.25, 0.3) is 0 Å². The Hall–Kier alpha value is -3.39. The molecule has 0 saturated heterocycles. The van der Waals surface area contributed by atoms with E-state index in [4.69, 9.17) is 9.84 Å². The number of alkyl carbamates (subject to hydrolysis) is 1. The molecular formula is C25H30N2O6. The number of hydrogen-bond donors (Lipinski definition) is 4. The summed E-state index contributed by atoms with van der Waals surface area (Å²) < 4.78 is 5.56. The molecule has 1 aliphatic rings. The molecule has 0 bridgehead atoms. The second kappa shape index (κ2) is 10.5. The molecule has 0 unspecified atom stereocenters. The molecule has 2 amide bonds. The lowest BCUT2D eigenvalue weighted by Gasteiger charge is -2.26. The summed E-state index contributed by atoms with van der Waals surface area (Å²) in [5.74, 6) is -1.63. The predicted molar refractivity (Wildman–Crippen MR) is 123 cm³/mol. The quantitative estimate of drug-likeness (QED) is 0.437. The van der Waals surface area contributed by atoms with Crippen molar-refractivity contribution in [3.05, 3.63) is 59.7 Å². The highest BCUT2D eigenvalue weighted by Gasteiger charge is 2.30. The number of fused-ring (bicyclic) bond motifs is 3. The van der Waals surface area contributed by atoms with Gasteiger partial charge in [0.2, 0.25) is 5.91 Å². The van der Waals surface area contributed by atoms with E-state index in [1.165, 1.54) is 0 Å². The van der Waals surface area contributed by atoms with E-state index < -0.39 is 23.7 Å². The van der Waals surface area contributed by atoms with Crippen LogP contribution in [-0.4, -0.2) is 53.0 Å². The number of aliphatic carboxylic acids is 1. The van der Waals surface area contributed by atoms with Gasteiger partial charge in [-0.2, -0.15) is 0 Å². The van der Waals surface area contributed by atoms with Crippen molar-refractivity contribution in [2.24, 2.45) is 0 Å². The van der Waals surface area contributed by atoms with Crippen molar-refractivity contribution in [1.82, 2.24) is 10.6 Å². The van der Waals surface area contributed by atoms with Crippen molar-refractivity contribution in [2.45, 2.75) is 50.7 Å². The van der Waals surface area contributed by atoms with Crippen LogP contribution in [-0.2, 0) is 14.3 Å². The number of benzene rings is 2. The Labute approximate surface area is 193 Å². The minimum absolute atomic E-state index is 0.0295. The van der Waals surface area contributed by atoms with Gasteiger partial charge in [-0.1, -0.05) is 48.5 Å². The van der Waals surface area contributed by atoms with Crippen molar-refractivity contribution in [3.8, 4) is 11.1 Å². The Morgan fingerprint density at radius 3 is 2.18 bits per heavy atom. The van der Waals surface area contributed by atoms with E-state index >= 15 is 0 Å². The molecule has 0 aromatic heterocycles. The fourth-order valence-corrected chi connectivity index (χ4v) is 3.96. The first-order valence-electron chi connectivity index (χ1n) is 11.0. The number of carboxylic acids is 1. The summed E-state index contributed by atoms with van der Waals surface area (Å²) in [7, 11) is 0. The number of hydrogen-bond acceptors (Lipinski definition) is 5. The largest absolute Gasteiger partial charge is 0.479 e. The van der Waals surface area contributed by atoms with Gasteiger partial charge in [0.1, 0.15) is 6.61 Å². The Kier molecular flexibility index (Phi) is 7.71. The van der Waals surface area contributed by atoms with Gasteiger partial charge in [0.15, 0.2) is 6.10 Å². The number of aliphatic hydroxyl groups excluding tert-OH is 1. The summed E-state index contributed by atoms with van der Waals surface area (Å²) in [5, 5.41) is 23.2. The van der Waals surface area contributed by atoms with Gasteiger partial charge >= 0.3 is 12.1 Å². The number of nitrogens with one attached hydrogen (secondary N) is 2. The highest BCUT2D eigenvalue weighted by molar-refractivity contribution is 5.79. The van der Waals surface area contributed by atoms with Gasteiger partial charge in [-0.25, -0.2) is 9.59 Å². The number of ether oxygens (including phenoxy) is 1. The highest BCUT2D eigenvalue weighted by atomic mass is 16.5. The Bertz CT molecular complexity index is 974. The Morgan fingerprint density at radius 1 is 1.03 bits per heavy atom. The topological polar surface area (TPSA) is 125 Å². The maximum absolute atomic E-state index is 12.5.